The first-order valence-electron chi connectivity index (χ1n) is 10.2. The van der Waals surface area contributed by atoms with E-state index in [-0.39, 0.29) is 35.1 Å². The lowest BCUT2D eigenvalue weighted by Gasteiger charge is -2.42. The fraction of sp³-hybridized carbons (Fsp3) is 0.455. The van der Waals surface area contributed by atoms with Crippen molar-refractivity contribution in [2.75, 3.05) is 30.9 Å². The molecular weight excluding hydrogens is 402 g/mol. The Morgan fingerprint density at radius 2 is 1.90 bits per heavy atom. The lowest BCUT2D eigenvalue weighted by atomic mass is 10.1. The van der Waals surface area contributed by atoms with Crippen molar-refractivity contribution in [3.05, 3.63) is 48.3 Å². The van der Waals surface area contributed by atoms with Gasteiger partial charge in [-0.3, -0.25) is 9.78 Å². The molecule has 2 aliphatic heterocycles. The van der Waals surface area contributed by atoms with Gasteiger partial charge in [0.2, 0.25) is 5.91 Å². The van der Waals surface area contributed by atoms with Gasteiger partial charge >= 0.3 is 0 Å². The van der Waals surface area contributed by atoms with Crippen LogP contribution < -0.4 is 9.64 Å². The molecule has 1 aromatic heterocycles. The van der Waals surface area contributed by atoms with E-state index in [1.807, 2.05) is 24.1 Å². The number of nitrogens with zero attached hydrogens (tertiary/aromatic N) is 3. The Labute approximate surface area is 177 Å². The summed E-state index contributed by atoms with van der Waals surface area (Å²) in [5.41, 5.74) is 2.08. The minimum Gasteiger partial charge on any atom is -0.497 e. The van der Waals surface area contributed by atoms with Gasteiger partial charge in [0.1, 0.15) is 5.75 Å². The molecule has 2 aliphatic rings. The van der Waals surface area contributed by atoms with E-state index in [0.29, 0.717) is 18.8 Å². The number of amides is 1. The van der Waals surface area contributed by atoms with Crippen LogP contribution in [0.15, 0.2) is 47.5 Å². The lowest BCUT2D eigenvalue weighted by Crippen LogP contribution is -2.55. The number of hydrogen-bond acceptors (Lipinski definition) is 6. The second-order valence-corrected chi connectivity index (χ2v) is 10.1. The number of aromatic nitrogens is 1. The summed E-state index contributed by atoms with van der Waals surface area (Å²) in [6, 6.07) is 11.0. The summed E-state index contributed by atoms with van der Waals surface area (Å²) in [7, 11) is -2.05. The molecule has 2 atom stereocenters. The van der Waals surface area contributed by atoms with Crippen molar-refractivity contribution in [2.24, 2.45) is 0 Å². The molecule has 2 fully saturated rings. The number of fused-ring (bicyclic) bond motifs is 2. The number of benzene rings is 1. The summed E-state index contributed by atoms with van der Waals surface area (Å²) in [5, 5.41) is 0. The zero-order valence-electron chi connectivity index (χ0n) is 17.3. The van der Waals surface area contributed by atoms with Crippen molar-refractivity contribution < 1.29 is 17.9 Å². The summed E-state index contributed by atoms with van der Waals surface area (Å²) in [4.78, 5) is 21.6. The molecule has 2 saturated heterocycles. The molecule has 0 aliphatic carbocycles. The number of anilines is 1. The van der Waals surface area contributed by atoms with E-state index < -0.39 is 9.84 Å². The van der Waals surface area contributed by atoms with Gasteiger partial charge in [0.15, 0.2) is 9.84 Å². The van der Waals surface area contributed by atoms with Gasteiger partial charge in [-0.25, -0.2) is 8.42 Å². The first-order valence-corrected chi connectivity index (χ1v) is 11.9. The van der Waals surface area contributed by atoms with Crippen molar-refractivity contribution >= 4 is 21.4 Å². The van der Waals surface area contributed by atoms with Gasteiger partial charge in [-0.15, -0.1) is 0 Å². The zero-order chi connectivity index (χ0) is 21.3. The van der Waals surface area contributed by atoms with Crippen LogP contribution in [-0.4, -0.2) is 62.2 Å². The minimum atomic E-state index is -3.54. The van der Waals surface area contributed by atoms with E-state index in [2.05, 4.69) is 16.0 Å². The van der Waals surface area contributed by atoms with Crippen LogP contribution in [0.5, 0.6) is 5.75 Å². The fourth-order valence-corrected chi connectivity index (χ4v) is 5.69. The van der Waals surface area contributed by atoms with E-state index in [1.54, 1.807) is 12.1 Å². The predicted molar refractivity (Wildman–Crippen MR) is 115 cm³/mol. The molecule has 30 heavy (non-hydrogen) atoms. The van der Waals surface area contributed by atoms with E-state index in [0.717, 1.165) is 24.2 Å². The van der Waals surface area contributed by atoms with Gasteiger partial charge in [0.25, 0.3) is 0 Å². The molecule has 0 spiro atoms. The van der Waals surface area contributed by atoms with Crippen LogP contribution >= 0.6 is 0 Å². The number of likely N-dealkylation sites (tertiary alicyclic amines) is 1. The highest BCUT2D eigenvalue weighted by Gasteiger charge is 2.41. The molecule has 1 amide bonds. The van der Waals surface area contributed by atoms with Crippen LogP contribution in [0.1, 0.15) is 25.0 Å². The molecule has 0 radical (unpaired) electrons. The van der Waals surface area contributed by atoms with Crippen molar-refractivity contribution in [1.82, 2.24) is 9.88 Å². The van der Waals surface area contributed by atoms with Gasteiger partial charge in [0, 0.05) is 37.3 Å². The summed E-state index contributed by atoms with van der Waals surface area (Å²) >= 11 is 0. The van der Waals surface area contributed by atoms with E-state index in [4.69, 9.17) is 4.74 Å². The first-order chi connectivity index (χ1) is 14.4. The topological polar surface area (TPSA) is 79.8 Å². The van der Waals surface area contributed by atoms with Gasteiger partial charge in [0.05, 0.1) is 29.6 Å². The summed E-state index contributed by atoms with van der Waals surface area (Å²) in [5.74, 6) is 0.192. The third-order valence-electron chi connectivity index (χ3n) is 6.01. The largest absolute Gasteiger partial charge is 0.497 e. The van der Waals surface area contributed by atoms with Crippen LogP contribution in [0.2, 0.25) is 0 Å². The number of carbonyl (C=O) groups excluding carboxylic acids is 1. The zero-order valence-corrected chi connectivity index (χ0v) is 18.1. The highest BCUT2D eigenvalue weighted by atomic mass is 32.2. The van der Waals surface area contributed by atoms with E-state index in [1.165, 1.54) is 19.2 Å². The Balaban J connectivity index is 1.39. The standard InChI is InChI=1S/C22H27N3O4S/c1-16-6-7-17(13-23-16)25-18-8-9-19(25)15-24(14-18)22(26)10-11-30(27,28)21-5-3-4-20(12-21)29-2/h3-7,12-13,18-19H,8-11,14-15H2,1-2H3. The number of carbonyl (C=O) groups is 1. The van der Waals surface area contributed by atoms with Gasteiger partial charge < -0.3 is 14.5 Å². The number of ether oxygens (including phenoxy) is 1. The number of rotatable bonds is 6. The molecule has 2 unspecified atom stereocenters. The molecule has 8 heteroatoms. The Hall–Kier alpha value is -2.61. The maximum Gasteiger partial charge on any atom is 0.223 e. The van der Waals surface area contributed by atoms with Gasteiger partial charge in [-0.05, 0) is 50.1 Å². The highest BCUT2D eigenvalue weighted by molar-refractivity contribution is 7.91. The molecule has 0 N–H and O–H groups in total. The average Bonchev–Trinajstić information content (AvgIpc) is 3.01. The molecule has 7 nitrogen and oxygen atoms in total. The Morgan fingerprint density at radius 1 is 1.17 bits per heavy atom. The Morgan fingerprint density at radius 3 is 2.53 bits per heavy atom. The number of hydrogen-bond donors (Lipinski definition) is 0. The predicted octanol–water partition coefficient (Wildman–Crippen LogP) is 2.44. The van der Waals surface area contributed by atoms with Crippen molar-refractivity contribution in [2.45, 2.75) is 43.2 Å². The second-order valence-electron chi connectivity index (χ2n) is 8.00. The highest BCUT2D eigenvalue weighted by Crippen LogP contribution is 2.34. The number of pyridine rings is 1. The van der Waals surface area contributed by atoms with Gasteiger partial charge in [-0.2, -0.15) is 0 Å². The SMILES string of the molecule is COc1cccc(S(=O)(=O)CCC(=O)N2CC3CCC(C2)N3c2ccc(C)nc2)c1. The van der Waals surface area contributed by atoms with Crippen molar-refractivity contribution in [3.63, 3.8) is 0 Å². The summed E-state index contributed by atoms with van der Waals surface area (Å²) in [6.07, 6.45) is 3.96. The summed E-state index contributed by atoms with van der Waals surface area (Å²) in [6.45, 7) is 3.22. The number of piperazine rings is 1. The quantitative estimate of drug-likeness (QED) is 0.702. The normalized spacial score (nSPS) is 21.0. The van der Waals surface area contributed by atoms with Crippen LogP contribution in [0.4, 0.5) is 5.69 Å². The molecule has 2 aromatic rings. The third-order valence-corrected chi connectivity index (χ3v) is 7.73. The average molecular weight is 430 g/mol. The molecule has 0 saturated carbocycles. The molecule has 2 bridgehead atoms. The van der Waals surface area contributed by atoms with Crippen LogP contribution in [0.25, 0.3) is 0 Å². The molecule has 4 rings (SSSR count). The van der Waals surface area contributed by atoms with Crippen LogP contribution in [-0.2, 0) is 14.6 Å². The molecule has 3 heterocycles. The second kappa shape index (κ2) is 8.26. The van der Waals surface area contributed by atoms with Crippen LogP contribution in [0, 0.1) is 6.92 Å². The Kier molecular flexibility index (Phi) is 5.69. The molecule has 1 aromatic carbocycles. The summed E-state index contributed by atoms with van der Waals surface area (Å²) < 4.78 is 30.4. The van der Waals surface area contributed by atoms with E-state index >= 15 is 0 Å². The molecular formula is C22H27N3O4S. The molecule has 160 valence electrons. The van der Waals surface area contributed by atoms with Crippen molar-refractivity contribution in [1.29, 1.82) is 0 Å². The monoisotopic (exact) mass is 429 g/mol. The number of methoxy groups -OCH3 is 1. The van der Waals surface area contributed by atoms with Crippen molar-refractivity contribution in [3.8, 4) is 5.75 Å². The minimum absolute atomic E-state index is 0.00886. The Bertz CT molecular complexity index is 1010. The third kappa shape index (κ3) is 4.14. The maximum absolute atomic E-state index is 12.8. The van der Waals surface area contributed by atoms with E-state index in [9.17, 15) is 13.2 Å². The van der Waals surface area contributed by atoms with Gasteiger partial charge in [-0.1, -0.05) is 6.07 Å². The number of sulfone groups is 1. The maximum atomic E-state index is 12.8. The lowest BCUT2D eigenvalue weighted by molar-refractivity contribution is -0.131. The first kappa shape index (κ1) is 20.7. The smallest absolute Gasteiger partial charge is 0.223 e. The fourth-order valence-electron chi connectivity index (χ4n) is 4.43. The van der Waals surface area contributed by atoms with Crippen LogP contribution in [0.3, 0.4) is 0 Å². The number of aryl methyl sites for hydroxylation is 1.